The molecule has 1 unspecified atom stereocenters. The molecule has 6 heteroatoms. The minimum atomic E-state index is -0.219. The van der Waals surface area contributed by atoms with Gasteiger partial charge in [0.1, 0.15) is 10.1 Å². The molecule has 1 amide bonds. The van der Waals surface area contributed by atoms with E-state index >= 15 is 0 Å². The minimum Gasteiger partial charge on any atom is -0.497 e. The highest BCUT2D eigenvalue weighted by molar-refractivity contribution is 8.39. The number of fused-ring (bicyclic) bond motifs is 1. The van der Waals surface area contributed by atoms with Crippen LogP contribution in [0.5, 0.6) is 5.75 Å². The number of nitrogens with one attached hydrogen (secondary N) is 1. The standard InChI is InChI=1S/C18H18N2O2S2/c1-12(17(21)19-14-7-9-15(22-2)10-8-14)24-18-20-16-6-4-3-5-13(16)11-23-18/h3-10,12H,11H2,1-2H3,(H,19,21). The number of hydrogen-bond acceptors (Lipinski definition) is 5. The van der Waals surface area contributed by atoms with Crippen molar-refractivity contribution in [3.63, 3.8) is 0 Å². The molecule has 1 aliphatic heterocycles. The van der Waals surface area contributed by atoms with E-state index in [0.717, 1.165) is 27.3 Å². The summed E-state index contributed by atoms with van der Waals surface area (Å²) in [6, 6.07) is 15.4. The Labute approximate surface area is 150 Å². The molecule has 0 saturated heterocycles. The van der Waals surface area contributed by atoms with Crippen LogP contribution in [0.15, 0.2) is 53.5 Å². The van der Waals surface area contributed by atoms with Gasteiger partial charge in [0.05, 0.1) is 18.0 Å². The maximum Gasteiger partial charge on any atom is 0.237 e. The minimum absolute atomic E-state index is 0.0349. The third-order valence-electron chi connectivity index (χ3n) is 3.56. The maximum absolute atomic E-state index is 12.4. The van der Waals surface area contributed by atoms with Crippen molar-refractivity contribution in [3.05, 3.63) is 54.1 Å². The van der Waals surface area contributed by atoms with E-state index in [9.17, 15) is 4.79 Å². The molecule has 1 heterocycles. The van der Waals surface area contributed by atoms with E-state index in [2.05, 4.69) is 16.4 Å². The maximum atomic E-state index is 12.4. The van der Waals surface area contributed by atoms with Crippen molar-refractivity contribution >= 4 is 45.2 Å². The van der Waals surface area contributed by atoms with Crippen LogP contribution < -0.4 is 10.1 Å². The van der Waals surface area contributed by atoms with E-state index in [1.165, 1.54) is 17.3 Å². The Morgan fingerprint density at radius 1 is 1.25 bits per heavy atom. The predicted octanol–water partition coefficient (Wildman–Crippen LogP) is 4.69. The van der Waals surface area contributed by atoms with Crippen LogP contribution in [0.4, 0.5) is 11.4 Å². The quantitative estimate of drug-likeness (QED) is 0.861. The monoisotopic (exact) mass is 358 g/mol. The summed E-state index contributed by atoms with van der Waals surface area (Å²) in [5, 5.41) is 2.70. The first-order valence-electron chi connectivity index (χ1n) is 7.56. The Bertz CT molecular complexity index is 760. The number of para-hydroxylation sites is 1. The van der Waals surface area contributed by atoms with Crippen LogP contribution >= 0.6 is 23.5 Å². The number of rotatable bonds is 4. The lowest BCUT2D eigenvalue weighted by Crippen LogP contribution is -2.23. The molecule has 2 aromatic carbocycles. The van der Waals surface area contributed by atoms with Crippen molar-refractivity contribution in [2.45, 2.75) is 17.9 Å². The van der Waals surface area contributed by atoms with Gasteiger partial charge in [-0.15, -0.1) is 0 Å². The number of aliphatic imine (C=N–C) groups is 1. The number of thioether (sulfide) groups is 2. The molecule has 0 fully saturated rings. The Kier molecular flexibility index (Phi) is 5.48. The fourth-order valence-corrected chi connectivity index (χ4v) is 4.38. The van der Waals surface area contributed by atoms with Crippen LogP contribution in [-0.4, -0.2) is 22.6 Å². The first kappa shape index (κ1) is 16.9. The van der Waals surface area contributed by atoms with Gasteiger partial charge in [-0.05, 0) is 42.8 Å². The van der Waals surface area contributed by atoms with Gasteiger partial charge >= 0.3 is 0 Å². The topological polar surface area (TPSA) is 50.7 Å². The Morgan fingerprint density at radius 3 is 2.75 bits per heavy atom. The molecule has 24 heavy (non-hydrogen) atoms. The highest BCUT2D eigenvalue weighted by atomic mass is 32.2. The molecule has 4 nitrogen and oxygen atoms in total. The summed E-state index contributed by atoms with van der Waals surface area (Å²) in [6.07, 6.45) is 0. The van der Waals surface area contributed by atoms with Gasteiger partial charge in [-0.1, -0.05) is 41.7 Å². The molecule has 0 aliphatic carbocycles. The van der Waals surface area contributed by atoms with Crippen LogP contribution in [0.3, 0.4) is 0 Å². The normalized spacial score (nSPS) is 14.3. The molecule has 0 radical (unpaired) electrons. The van der Waals surface area contributed by atoms with Crippen LogP contribution in [0.2, 0.25) is 0 Å². The summed E-state index contributed by atoms with van der Waals surface area (Å²) < 4.78 is 6.05. The van der Waals surface area contributed by atoms with Crippen LogP contribution in [0.25, 0.3) is 0 Å². The van der Waals surface area contributed by atoms with E-state index in [-0.39, 0.29) is 11.2 Å². The van der Waals surface area contributed by atoms with Crippen LogP contribution in [0.1, 0.15) is 12.5 Å². The van der Waals surface area contributed by atoms with Gasteiger partial charge < -0.3 is 10.1 Å². The van der Waals surface area contributed by atoms with Gasteiger partial charge in [0, 0.05) is 11.4 Å². The highest BCUT2D eigenvalue weighted by Gasteiger charge is 2.20. The second-order valence-electron chi connectivity index (χ2n) is 5.27. The fourth-order valence-electron chi connectivity index (χ4n) is 2.20. The van der Waals surface area contributed by atoms with E-state index in [4.69, 9.17) is 4.74 Å². The van der Waals surface area contributed by atoms with Gasteiger partial charge in [-0.2, -0.15) is 0 Å². The Hall–Kier alpha value is -1.92. The smallest absolute Gasteiger partial charge is 0.237 e. The number of anilines is 1. The molecule has 2 aromatic rings. The largest absolute Gasteiger partial charge is 0.497 e. The fraction of sp³-hybridized carbons (Fsp3) is 0.222. The van der Waals surface area contributed by atoms with Crippen molar-refractivity contribution < 1.29 is 9.53 Å². The predicted molar refractivity (Wildman–Crippen MR) is 104 cm³/mol. The number of carbonyl (C=O) groups is 1. The second kappa shape index (κ2) is 7.77. The molecular formula is C18H18N2O2S2. The molecule has 1 aliphatic rings. The number of ether oxygens (including phenoxy) is 1. The van der Waals surface area contributed by atoms with Gasteiger partial charge in [0.2, 0.25) is 5.91 Å². The summed E-state index contributed by atoms with van der Waals surface area (Å²) in [6.45, 7) is 1.90. The number of benzene rings is 2. The molecular weight excluding hydrogens is 340 g/mol. The van der Waals surface area contributed by atoms with E-state index in [1.54, 1.807) is 18.9 Å². The summed E-state index contributed by atoms with van der Waals surface area (Å²) >= 11 is 3.17. The van der Waals surface area contributed by atoms with E-state index < -0.39 is 0 Å². The molecule has 0 bridgehead atoms. The van der Waals surface area contributed by atoms with Crippen molar-refractivity contribution in [1.82, 2.24) is 0 Å². The zero-order chi connectivity index (χ0) is 16.9. The number of hydrogen-bond donors (Lipinski definition) is 1. The highest BCUT2D eigenvalue weighted by Crippen LogP contribution is 2.35. The van der Waals surface area contributed by atoms with Crippen molar-refractivity contribution in [1.29, 1.82) is 0 Å². The summed E-state index contributed by atoms with van der Waals surface area (Å²) in [5.74, 6) is 1.63. The van der Waals surface area contributed by atoms with Crippen molar-refractivity contribution in [2.75, 3.05) is 12.4 Å². The van der Waals surface area contributed by atoms with Crippen molar-refractivity contribution in [2.24, 2.45) is 4.99 Å². The molecule has 1 atom stereocenters. The van der Waals surface area contributed by atoms with Gasteiger partial charge in [0.25, 0.3) is 0 Å². The summed E-state index contributed by atoms with van der Waals surface area (Å²) in [7, 11) is 1.62. The van der Waals surface area contributed by atoms with Crippen LogP contribution in [0, 0.1) is 0 Å². The second-order valence-corrected chi connectivity index (χ2v) is 7.82. The van der Waals surface area contributed by atoms with Crippen molar-refractivity contribution in [3.8, 4) is 5.75 Å². The van der Waals surface area contributed by atoms with Gasteiger partial charge in [-0.3, -0.25) is 4.79 Å². The molecule has 0 spiro atoms. The first-order valence-corrected chi connectivity index (χ1v) is 9.43. The molecule has 0 aromatic heterocycles. The third kappa shape index (κ3) is 4.13. The first-order chi connectivity index (χ1) is 11.7. The lowest BCUT2D eigenvalue weighted by molar-refractivity contribution is -0.115. The van der Waals surface area contributed by atoms with E-state index in [1.807, 2.05) is 49.4 Å². The number of amides is 1. The Morgan fingerprint density at radius 2 is 2.00 bits per heavy atom. The third-order valence-corrected chi connectivity index (χ3v) is 5.86. The average Bonchev–Trinajstić information content (AvgIpc) is 2.62. The lowest BCUT2D eigenvalue weighted by atomic mass is 10.2. The summed E-state index contributed by atoms with van der Waals surface area (Å²) in [4.78, 5) is 17.0. The Balaban J connectivity index is 1.61. The molecule has 1 N–H and O–H groups in total. The molecule has 124 valence electrons. The zero-order valence-electron chi connectivity index (χ0n) is 13.5. The number of nitrogens with zero attached hydrogens (tertiary/aromatic N) is 1. The number of methoxy groups -OCH3 is 1. The van der Waals surface area contributed by atoms with E-state index in [0.29, 0.717) is 0 Å². The zero-order valence-corrected chi connectivity index (χ0v) is 15.1. The molecule has 3 rings (SSSR count). The number of carbonyl (C=O) groups excluding carboxylic acids is 1. The lowest BCUT2D eigenvalue weighted by Gasteiger charge is -2.17. The van der Waals surface area contributed by atoms with Crippen LogP contribution in [-0.2, 0) is 10.5 Å². The van der Waals surface area contributed by atoms with Gasteiger partial charge in [0.15, 0.2) is 0 Å². The van der Waals surface area contributed by atoms with Gasteiger partial charge in [-0.25, -0.2) is 4.99 Å². The summed E-state index contributed by atoms with van der Waals surface area (Å²) in [5.41, 5.74) is 3.00. The average molecular weight is 358 g/mol. The molecule has 0 saturated carbocycles. The SMILES string of the molecule is COc1ccc(NC(=O)C(C)SC2=Nc3ccccc3CS2)cc1.